The molecule has 6 heteroatoms. The molecule has 148 valence electrons. The van der Waals surface area contributed by atoms with Crippen LogP contribution < -0.4 is 10.9 Å². The molecule has 2 heterocycles. The Balaban J connectivity index is 1.64. The van der Waals surface area contributed by atoms with Gasteiger partial charge in [0.15, 0.2) is 0 Å². The Morgan fingerprint density at radius 3 is 2.59 bits per heavy atom. The zero-order valence-corrected chi connectivity index (χ0v) is 18.9. The third-order valence-electron chi connectivity index (χ3n) is 5.07. The molecule has 0 aliphatic heterocycles. The molecule has 0 spiro atoms. The topological polar surface area (TPSA) is 57.8 Å². The molecule has 2 aromatic carbocycles. The molecule has 1 atom stereocenters. The Bertz CT molecular complexity index is 1230. The van der Waals surface area contributed by atoms with E-state index in [-0.39, 0.29) is 11.6 Å². The van der Waals surface area contributed by atoms with Gasteiger partial charge in [0.1, 0.15) is 10.7 Å². The SMILES string of the molecule is Cc1ccc(-c2c(C)sc3nc(CN[C@H](C)c4ccccc4Br)[nH]c(=O)c23)cc1. The van der Waals surface area contributed by atoms with Crippen molar-refractivity contribution in [1.29, 1.82) is 0 Å². The highest BCUT2D eigenvalue weighted by Gasteiger charge is 2.17. The quantitative estimate of drug-likeness (QED) is 0.385. The standard InChI is InChI=1S/C23H22BrN3OS/c1-13-8-10-16(11-9-13)20-15(3)29-23-21(20)22(28)26-19(27-23)12-25-14(2)17-6-4-5-7-18(17)24/h4-11,14,25H,12H2,1-3H3,(H,26,27,28)/t14-/m1/s1. The van der Waals surface area contributed by atoms with Gasteiger partial charge >= 0.3 is 0 Å². The van der Waals surface area contributed by atoms with Crippen molar-refractivity contribution < 1.29 is 0 Å². The predicted molar refractivity (Wildman–Crippen MR) is 125 cm³/mol. The fraction of sp³-hybridized carbons (Fsp3) is 0.217. The lowest BCUT2D eigenvalue weighted by molar-refractivity contribution is 0.558. The van der Waals surface area contributed by atoms with Gasteiger partial charge < -0.3 is 10.3 Å². The summed E-state index contributed by atoms with van der Waals surface area (Å²) in [6.07, 6.45) is 0. The Labute approximate surface area is 182 Å². The molecule has 0 bridgehead atoms. The van der Waals surface area contributed by atoms with Crippen molar-refractivity contribution >= 4 is 37.5 Å². The van der Waals surface area contributed by atoms with Crippen molar-refractivity contribution in [3.05, 3.63) is 85.2 Å². The minimum atomic E-state index is -0.0831. The second-order valence-corrected chi connectivity index (χ2v) is 9.27. The van der Waals surface area contributed by atoms with Gasteiger partial charge in [0.2, 0.25) is 0 Å². The number of benzene rings is 2. The van der Waals surface area contributed by atoms with Crippen LogP contribution in [0.1, 0.15) is 34.8 Å². The van der Waals surface area contributed by atoms with Gasteiger partial charge in [0.25, 0.3) is 5.56 Å². The molecule has 2 aromatic heterocycles. The van der Waals surface area contributed by atoms with Gasteiger partial charge in [-0.25, -0.2) is 4.98 Å². The first-order valence-corrected chi connectivity index (χ1v) is 11.1. The lowest BCUT2D eigenvalue weighted by Gasteiger charge is -2.15. The summed E-state index contributed by atoms with van der Waals surface area (Å²) in [4.78, 5) is 22.5. The lowest BCUT2D eigenvalue weighted by atomic mass is 10.0. The molecule has 4 rings (SSSR count). The van der Waals surface area contributed by atoms with Crippen molar-refractivity contribution in [2.75, 3.05) is 0 Å². The highest BCUT2D eigenvalue weighted by molar-refractivity contribution is 9.10. The number of fused-ring (bicyclic) bond motifs is 1. The lowest BCUT2D eigenvalue weighted by Crippen LogP contribution is -2.22. The molecule has 2 N–H and O–H groups in total. The monoisotopic (exact) mass is 467 g/mol. The molecule has 0 aliphatic carbocycles. The predicted octanol–water partition coefficient (Wildman–Crippen LogP) is 5.88. The third kappa shape index (κ3) is 4.06. The Morgan fingerprint density at radius 2 is 1.86 bits per heavy atom. The van der Waals surface area contributed by atoms with Gasteiger partial charge in [-0.15, -0.1) is 11.3 Å². The molecule has 0 fully saturated rings. The number of aromatic nitrogens is 2. The molecule has 4 nitrogen and oxygen atoms in total. The van der Waals surface area contributed by atoms with Crippen LogP contribution in [0.3, 0.4) is 0 Å². The van der Waals surface area contributed by atoms with Crippen molar-refractivity contribution in [2.24, 2.45) is 0 Å². The van der Waals surface area contributed by atoms with Crippen molar-refractivity contribution in [3.8, 4) is 11.1 Å². The van der Waals surface area contributed by atoms with Crippen molar-refractivity contribution in [1.82, 2.24) is 15.3 Å². The van der Waals surface area contributed by atoms with Gasteiger partial charge in [-0.1, -0.05) is 64.0 Å². The van der Waals surface area contributed by atoms with Gasteiger partial charge in [-0.05, 0) is 38.0 Å². The fourth-order valence-corrected chi connectivity index (χ4v) is 5.19. The average Bonchev–Trinajstić information content (AvgIpc) is 3.03. The number of hydrogen-bond donors (Lipinski definition) is 2. The van der Waals surface area contributed by atoms with E-state index in [1.807, 2.05) is 25.1 Å². The fourth-order valence-electron chi connectivity index (χ4n) is 3.50. The van der Waals surface area contributed by atoms with Gasteiger partial charge in [-0.2, -0.15) is 0 Å². The number of H-pyrrole nitrogens is 1. The average molecular weight is 468 g/mol. The van der Waals surface area contributed by atoms with E-state index < -0.39 is 0 Å². The molecule has 0 saturated heterocycles. The minimum Gasteiger partial charge on any atom is -0.309 e. The van der Waals surface area contributed by atoms with Crippen molar-refractivity contribution in [2.45, 2.75) is 33.4 Å². The van der Waals surface area contributed by atoms with Crippen molar-refractivity contribution in [3.63, 3.8) is 0 Å². The molecule has 29 heavy (non-hydrogen) atoms. The summed E-state index contributed by atoms with van der Waals surface area (Å²) in [7, 11) is 0. The van der Waals surface area contributed by atoms with Gasteiger partial charge in [-0.3, -0.25) is 4.79 Å². The summed E-state index contributed by atoms with van der Waals surface area (Å²) in [5.74, 6) is 0.651. The maximum Gasteiger partial charge on any atom is 0.260 e. The number of aryl methyl sites for hydroxylation is 2. The summed E-state index contributed by atoms with van der Waals surface area (Å²) in [6, 6.07) is 16.5. The number of nitrogens with zero attached hydrogens (tertiary/aromatic N) is 1. The summed E-state index contributed by atoms with van der Waals surface area (Å²) in [5, 5.41) is 4.13. The second-order valence-electron chi connectivity index (χ2n) is 7.22. The normalized spacial score (nSPS) is 12.4. The highest BCUT2D eigenvalue weighted by Crippen LogP contribution is 2.35. The Kier molecular flexibility index (Phi) is 5.67. The first-order valence-electron chi connectivity index (χ1n) is 9.51. The summed E-state index contributed by atoms with van der Waals surface area (Å²) >= 11 is 5.17. The smallest absolute Gasteiger partial charge is 0.260 e. The largest absolute Gasteiger partial charge is 0.309 e. The zero-order chi connectivity index (χ0) is 20.5. The maximum atomic E-state index is 12.9. The van der Waals surface area contributed by atoms with E-state index in [0.717, 1.165) is 25.3 Å². The maximum absolute atomic E-state index is 12.9. The summed E-state index contributed by atoms with van der Waals surface area (Å²) < 4.78 is 1.06. The Hall–Kier alpha value is -2.28. The van der Waals surface area contributed by atoms with Crippen LogP contribution >= 0.6 is 27.3 Å². The van der Waals surface area contributed by atoms with Crippen LogP contribution in [0.25, 0.3) is 21.3 Å². The van der Waals surface area contributed by atoms with Crippen LogP contribution in [0.15, 0.2) is 57.8 Å². The molecule has 0 radical (unpaired) electrons. The molecule has 0 amide bonds. The number of nitrogens with one attached hydrogen (secondary N) is 2. The van der Waals surface area contributed by atoms with Gasteiger partial charge in [0, 0.05) is 21.0 Å². The van der Waals surface area contributed by atoms with E-state index in [0.29, 0.717) is 17.8 Å². The molecule has 0 unspecified atom stereocenters. The Morgan fingerprint density at radius 1 is 1.14 bits per heavy atom. The van der Waals surface area contributed by atoms with E-state index in [1.54, 1.807) is 11.3 Å². The minimum absolute atomic E-state index is 0.0831. The van der Waals surface area contributed by atoms with Crippen LogP contribution in [0.2, 0.25) is 0 Å². The molecule has 4 aromatic rings. The van der Waals surface area contributed by atoms with Gasteiger partial charge in [0.05, 0.1) is 11.9 Å². The zero-order valence-electron chi connectivity index (χ0n) is 16.5. The molecule has 0 saturated carbocycles. The first-order chi connectivity index (χ1) is 13.9. The van der Waals surface area contributed by atoms with Crippen LogP contribution in [-0.4, -0.2) is 9.97 Å². The number of aromatic amines is 1. The van der Waals surface area contributed by atoms with Crippen LogP contribution in [0, 0.1) is 13.8 Å². The van der Waals surface area contributed by atoms with Crippen LogP contribution in [0.5, 0.6) is 0 Å². The first kappa shape index (κ1) is 20.0. The number of hydrogen-bond acceptors (Lipinski definition) is 4. The molecule has 0 aliphatic rings. The summed E-state index contributed by atoms with van der Waals surface area (Å²) in [6.45, 7) is 6.70. The third-order valence-corrected chi connectivity index (χ3v) is 6.80. The van der Waals surface area contributed by atoms with Crippen LogP contribution in [0.4, 0.5) is 0 Å². The van der Waals surface area contributed by atoms with Crippen LogP contribution in [-0.2, 0) is 6.54 Å². The number of halogens is 1. The summed E-state index contributed by atoms with van der Waals surface area (Å²) in [5.41, 5.74) is 4.33. The van der Waals surface area contributed by atoms with E-state index in [1.165, 1.54) is 11.1 Å². The van der Waals surface area contributed by atoms with E-state index in [4.69, 9.17) is 4.98 Å². The van der Waals surface area contributed by atoms with E-state index >= 15 is 0 Å². The number of thiophene rings is 1. The highest BCUT2D eigenvalue weighted by atomic mass is 79.9. The molecular formula is C23H22BrN3OS. The molecular weight excluding hydrogens is 446 g/mol. The van der Waals surface area contributed by atoms with E-state index in [9.17, 15) is 4.79 Å². The number of rotatable bonds is 5. The second kappa shape index (κ2) is 8.22. The van der Waals surface area contributed by atoms with E-state index in [2.05, 4.69) is 70.4 Å².